The van der Waals surface area contributed by atoms with Gasteiger partial charge in [0.15, 0.2) is 0 Å². The third-order valence-corrected chi connectivity index (χ3v) is 2.38. The number of esters is 1. The number of halogens is 1. The summed E-state index contributed by atoms with van der Waals surface area (Å²) >= 11 is 3.39. The molecular weight excluding hydrogens is 256 g/mol. The third-order valence-electron chi connectivity index (χ3n) is 1.66. The molecule has 0 fully saturated rings. The molecular formula is C12H13BrO2. The molecule has 2 nitrogen and oxygen atoms in total. The second kappa shape index (κ2) is 5.71. The first-order valence-corrected chi connectivity index (χ1v) is 5.52. The molecule has 1 aromatic rings. The fourth-order valence-corrected chi connectivity index (χ4v) is 1.46. The Morgan fingerprint density at radius 2 is 2.07 bits per heavy atom. The van der Waals surface area contributed by atoms with E-state index in [4.69, 9.17) is 4.74 Å². The monoisotopic (exact) mass is 268 g/mol. The molecule has 80 valence electrons. The second-order valence-electron chi connectivity index (χ2n) is 3.34. The molecule has 0 N–H and O–H groups in total. The maximum Gasteiger partial charge on any atom is 0.331 e. The molecule has 0 saturated heterocycles. The molecule has 0 heterocycles. The number of rotatable bonds is 3. The van der Waals surface area contributed by atoms with Gasteiger partial charge in [0.2, 0.25) is 0 Å². The fourth-order valence-electron chi connectivity index (χ4n) is 1.04. The van der Waals surface area contributed by atoms with Crippen molar-refractivity contribution in [3.05, 3.63) is 40.4 Å². The Morgan fingerprint density at radius 3 is 2.67 bits per heavy atom. The minimum absolute atomic E-state index is 0.0821. The van der Waals surface area contributed by atoms with Gasteiger partial charge in [0.1, 0.15) is 0 Å². The summed E-state index contributed by atoms with van der Waals surface area (Å²) in [5.74, 6) is -0.319. The van der Waals surface area contributed by atoms with Crippen molar-refractivity contribution in [1.29, 1.82) is 0 Å². The summed E-state index contributed by atoms with van der Waals surface area (Å²) in [7, 11) is 0. The van der Waals surface area contributed by atoms with Crippen LogP contribution >= 0.6 is 15.9 Å². The van der Waals surface area contributed by atoms with Crippen molar-refractivity contribution in [3.8, 4) is 0 Å². The largest absolute Gasteiger partial charge is 0.460 e. The SMILES string of the molecule is CC(C)OC(=O)C=Cc1ccccc1Br. The van der Waals surface area contributed by atoms with Crippen molar-refractivity contribution in [2.45, 2.75) is 20.0 Å². The van der Waals surface area contributed by atoms with E-state index in [1.807, 2.05) is 38.1 Å². The van der Waals surface area contributed by atoms with Crippen molar-refractivity contribution in [2.75, 3.05) is 0 Å². The maximum atomic E-state index is 11.2. The predicted octanol–water partition coefficient (Wildman–Crippen LogP) is 3.41. The Labute approximate surface area is 98.1 Å². The fraction of sp³-hybridized carbons (Fsp3) is 0.250. The number of ether oxygens (including phenoxy) is 1. The van der Waals surface area contributed by atoms with Gasteiger partial charge in [-0.15, -0.1) is 0 Å². The second-order valence-corrected chi connectivity index (χ2v) is 4.19. The van der Waals surface area contributed by atoms with Crippen LogP contribution in [0.2, 0.25) is 0 Å². The molecule has 0 spiro atoms. The maximum absolute atomic E-state index is 11.2. The lowest BCUT2D eigenvalue weighted by Gasteiger charge is -2.04. The standard InChI is InChI=1S/C12H13BrO2/c1-9(2)15-12(14)8-7-10-5-3-4-6-11(10)13/h3-9H,1-2H3. The van der Waals surface area contributed by atoms with Gasteiger partial charge in [-0.1, -0.05) is 34.1 Å². The molecule has 0 bridgehead atoms. The summed E-state index contributed by atoms with van der Waals surface area (Å²) in [4.78, 5) is 11.2. The number of hydrogen-bond donors (Lipinski definition) is 0. The van der Waals surface area contributed by atoms with Gasteiger partial charge in [0.05, 0.1) is 6.10 Å². The predicted molar refractivity (Wildman–Crippen MR) is 64.4 cm³/mol. The molecule has 1 aromatic carbocycles. The van der Waals surface area contributed by atoms with Gasteiger partial charge in [0, 0.05) is 10.5 Å². The number of benzene rings is 1. The van der Waals surface area contributed by atoms with Crippen molar-refractivity contribution in [2.24, 2.45) is 0 Å². The lowest BCUT2D eigenvalue weighted by Crippen LogP contribution is -2.08. The zero-order chi connectivity index (χ0) is 11.3. The van der Waals surface area contributed by atoms with E-state index in [9.17, 15) is 4.79 Å². The third kappa shape index (κ3) is 4.30. The first-order chi connectivity index (χ1) is 7.09. The molecule has 1 rings (SSSR count). The molecule has 0 radical (unpaired) electrons. The first-order valence-electron chi connectivity index (χ1n) is 4.73. The minimum Gasteiger partial charge on any atom is -0.460 e. The summed E-state index contributed by atoms with van der Waals surface area (Å²) in [6.45, 7) is 3.65. The van der Waals surface area contributed by atoms with E-state index in [1.54, 1.807) is 6.08 Å². The Bertz CT molecular complexity index is 370. The highest BCUT2D eigenvalue weighted by molar-refractivity contribution is 9.10. The van der Waals surface area contributed by atoms with Crippen LogP contribution in [0.4, 0.5) is 0 Å². The summed E-state index contributed by atoms with van der Waals surface area (Å²) in [6, 6.07) is 7.68. The van der Waals surface area contributed by atoms with Crippen LogP contribution in [0.5, 0.6) is 0 Å². The van der Waals surface area contributed by atoms with Crippen molar-refractivity contribution < 1.29 is 9.53 Å². The van der Waals surface area contributed by atoms with Crippen molar-refractivity contribution in [3.63, 3.8) is 0 Å². The molecule has 0 aromatic heterocycles. The van der Waals surface area contributed by atoms with Crippen LogP contribution < -0.4 is 0 Å². The Hall–Kier alpha value is -1.09. The first kappa shape index (κ1) is 12.0. The lowest BCUT2D eigenvalue weighted by molar-refractivity contribution is -0.141. The highest BCUT2D eigenvalue weighted by atomic mass is 79.9. The summed E-state index contributed by atoms with van der Waals surface area (Å²) in [5.41, 5.74) is 0.957. The van der Waals surface area contributed by atoms with Gasteiger partial charge >= 0.3 is 5.97 Å². The summed E-state index contributed by atoms with van der Waals surface area (Å²) < 4.78 is 5.93. The van der Waals surface area contributed by atoms with E-state index in [0.29, 0.717) is 0 Å². The Balaban J connectivity index is 2.66. The highest BCUT2D eigenvalue weighted by Crippen LogP contribution is 2.17. The van der Waals surface area contributed by atoms with Gasteiger partial charge in [0.25, 0.3) is 0 Å². The molecule has 0 saturated carbocycles. The highest BCUT2D eigenvalue weighted by Gasteiger charge is 2.00. The zero-order valence-electron chi connectivity index (χ0n) is 8.74. The molecule has 0 atom stereocenters. The van der Waals surface area contributed by atoms with Gasteiger partial charge in [-0.25, -0.2) is 4.79 Å². The number of carbonyl (C=O) groups is 1. The topological polar surface area (TPSA) is 26.3 Å². The molecule has 3 heteroatoms. The van der Waals surface area contributed by atoms with Crippen molar-refractivity contribution in [1.82, 2.24) is 0 Å². The van der Waals surface area contributed by atoms with Gasteiger partial charge in [-0.3, -0.25) is 0 Å². The van der Waals surface area contributed by atoms with Gasteiger partial charge in [-0.05, 0) is 31.6 Å². The molecule has 0 aliphatic rings. The zero-order valence-corrected chi connectivity index (χ0v) is 10.3. The van der Waals surface area contributed by atoms with Gasteiger partial charge in [-0.2, -0.15) is 0 Å². The summed E-state index contributed by atoms with van der Waals surface area (Å²) in [5, 5.41) is 0. The van der Waals surface area contributed by atoms with Crippen molar-refractivity contribution >= 4 is 28.0 Å². The van der Waals surface area contributed by atoms with Crippen LogP contribution in [0.1, 0.15) is 19.4 Å². The smallest absolute Gasteiger partial charge is 0.331 e. The molecule has 15 heavy (non-hydrogen) atoms. The number of carbonyl (C=O) groups excluding carboxylic acids is 1. The van der Waals surface area contributed by atoms with E-state index in [0.717, 1.165) is 10.0 Å². The van der Waals surface area contributed by atoms with Crippen LogP contribution in [0, 0.1) is 0 Å². The van der Waals surface area contributed by atoms with Crippen LogP contribution in [-0.2, 0) is 9.53 Å². The van der Waals surface area contributed by atoms with Crippen LogP contribution in [0.15, 0.2) is 34.8 Å². The average Bonchev–Trinajstić information content (AvgIpc) is 2.15. The summed E-state index contributed by atoms with van der Waals surface area (Å²) in [6.07, 6.45) is 3.08. The Kier molecular flexibility index (Phi) is 4.56. The number of hydrogen-bond acceptors (Lipinski definition) is 2. The average molecular weight is 269 g/mol. The van der Waals surface area contributed by atoms with Gasteiger partial charge < -0.3 is 4.74 Å². The lowest BCUT2D eigenvalue weighted by atomic mass is 10.2. The van der Waals surface area contributed by atoms with Crippen LogP contribution in [-0.4, -0.2) is 12.1 Å². The van der Waals surface area contributed by atoms with E-state index < -0.39 is 0 Å². The minimum atomic E-state index is -0.319. The molecule has 0 aliphatic heterocycles. The molecule has 0 amide bonds. The molecule has 0 aliphatic carbocycles. The van der Waals surface area contributed by atoms with E-state index >= 15 is 0 Å². The normalized spacial score (nSPS) is 10.9. The van der Waals surface area contributed by atoms with E-state index in [2.05, 4.69) is 15.9 Å². The van der Waals surface area contributed by atoms with Crippen LogP contribution in [0.3, 0.4) is 0 Å². The quantitative estimate of drug-likeness (QED) is 0.620. The van der Waals surface area contributed by atoms with E-state index in [-0.39, 0.29) is 12.1 Å². The molecule has 0 unspecified atom stereocenters. The van der Waals surface area contributed by atoms with E-state index in [1.165, 1.54) is 6.08 Å². The van der Waals surface area contributed by atoms with Crippen LogP contribution in [0.25, 0.3) is 6.08 Å². The Morgan fingerprint density at radius 1 is 1.40 bits per heavy atom.